The van der Waals surface area contributed by atoms with Gasteiger partial charge in [0.15, 0.2) is 0 Å². The molecule has 2 fully saturated rings. The lowest BCUT2D eigenvalue weighted by Gasteiger charge is -2.42. The predicted octanol–water partition coefficient (Wildman–Crippen LogP) is 5.20. The van der Waals surface area contributed by atoms with Crippen LogP contribution in [-0.2, 0) is 0 Å². The number of ether oxygens (including phenoxy) is 1. The molecule has 2 saturated carbocycles. The first kappa shape index (κ1) is 15.0. The second kappa shape index (κ2) is 6.04. The average Bonchev–Trinajstić information content (AvgIpc) is 3.16. The first-order valence-corrected chi connectivity index (χ1v) is 8.70. The van der Waals surface area contributed by atoms with E-state index in [1.165, 1.54) is 19.3 Å². The van der Waals surface area contributed by atoms with E-state index in [0.29, 0.717) is 15.8 Å². The van der Waals surface area contributed by atoms with Crippen molar-refractivity contribution in [1.29, 1.82) is 0 Å². The monoisotopic (exact) mass is 377 g/mol. The molecule has 0 radical (unpaired) electrons. The summed E-state index contributed by atoms with van der Waals surface area (Å²) in [5.74, 6) is 0.700. The maximum Gasteiger partial charge on any atom is 0.140 e. The molecule has 0 amide bonds. The van der Waals surface area contributed by atoms with Crippen molar-refractivity contribution >= 4 is 39.1 Å². The van der Waals surface area contributed by atoms with Gasteiger partial charge in [-0.1, -0.05) is 23.2 Å². The summed E-state index contributed by atoms with van der Waals surface area (Å²) in [6.07, 6.45) is 7.11. The zero-order valence-corrected chi connectivity index (χ0v) is 14.3. The van der Waals surface area contributed by atoms with Crippen LogP contribution in [0.2, 0.25) is 10.0 Å². The van der Waals surface area contributed by atoms with Gasteiger partial charge in [0.05, 0.1) is 10.0 Å². The Labute approximate surface area is 138 Å². The molecule has 0 spiro atoms. The van der Waals surface area contributed by atoms with E-state index in [-0.39, 0.29) is 5.60 Å². The summed E-state index contributed by atoms with van der Waals surface area (Å²) in [7, 11) is 0. The van der Waals surface area contributed by atoms with Crippen LogP contribution in [0.25, 0.3) is 0 Å². The molecule has 1 aromatic rings. The van der Waals surface area contributed by atoms with Crippen molar-refractivity contribution in [3.8, 4) is 5.75 Å². The fourth-order valence-corrected chi connectivity index (χ4v) is 3.41. The zero-order valence-electron chi connectivity index (χ0n) is 11.2. The number of halogens is 3. The Kier molecular flexibility index (Phi) is 4.51. The molecule has 3 rings (SSSR count). The van der Waals surface area contributed by atoms with Crippen LogP contribution in [0.3, 0.4) is 0 Å². The molecule has 0 atom stereocenters. The third kappa shape index (κ3) is 3.44. The molecule has 0 aliphatic heterocycles. The second-order valence-electron chi connectivity index (χ2n) is 5.81. The summed E-state index contributed by atoms with van der Waals surface area (Å²) in [6, 6.07) is 4.36. The van der Waals surface area contributed by atoms with E-state index in [1.54, 1.807) is 6.07 Å². The van der Waals surface area contributed by atoms with Crippen LogP contribution in [0.1, 0.15) is 38.5 Å². The Morgan fingerprint density at radius 1 is 1.25 bits per heavy atom. The van der Waals surface area contributed by atoms with Crippen molar-refractivity contribution in [2.75, 3.05) is 6.54 Å². The average molecular weight is 379 g/mol. The van der Waals surface area contributed by atoms with Crippen LogP contribution in [0, 0.1) is 0 Å². The number of nitrogens with one attached hydrogen (secondary N) is 1. The van der Waals surface area contributed by atoms with Crippen molar-refractivity contribution in [2.24, 2.45) is 0 Å². The molecule has 2 nitrogen and oxygen atoms in total. The molecule has 5 heteroatoms. The summed E-state index contributed by atoms with van der Waals surface area (Å²) in [5, 5.41) is 4.80. The third-order valence-electron chi connectivity index (χ3n) is 4.16. The molecule has 1 aromatic carbocycles. The Morgan fingerprint density at radius 2 is 2.00 bits per heavy atom. The summed E-state index contributed by atoms with van der Waals surface area (Å²) in [6.45, 7) is 1.02. The van der Waals surface area contributed by atoms with Gasteiger partial charge in [-0.2, -0.15) is 0 Å². The molecule has 20 heavy (non-hydrogen) atoms. The van der Waals surface area contributed by atoms with Gasteiger partial charge in [-0.3, -0.25) is 0 Å². The molecule has 0 unspecified atom stereocenters. The largest absolute Gasteiger partial charge is 0.486 e. The topological polar surface area (TPSA) is 21.3 Å². The maximum absolute atomic E-state index is 6.25. The van der Waals surface area contributed by atoms with Crippen molar-refractivity contribution in [1.82, 2.24) is 5.32 Å². The highest BCUT2D eigenvalue weighted by molar-refractivity contribution is 9.10. The van der Waals surface area contributed by atoms with Crippen molar-refractivity contribution in [2.45, 2.75) is 50.2 Å². The molecule has 2 aliphatic rings. The summed E-state index contributed by atoms with van der Waals surface area (Å²) >= 11 is 15.8. The van der Waals surface area contributed by atoms with E-state index in [2.05, 4.69) is 21.2 Å². The molecular weight excluding hydrogens is 361 g/mol. The summed E-state index contributed by atoms with van der Waals surface area (Å²) in [4.78, 5) is 0. The lowest BCUT2D eigenvalue weighted by Crippen LogP contribution is -2.45. The molecular formula is C15H18BrCl2NO. The van der Waals surface area contributed by atoms with Gasteiger partial charge >= 0.3 is 0 Å². The highest BCUT2D eigenvalue weighted by atomic mass is 79.9. The van der Waals surface area contributed by atoms with E-state index >= 15 is 0 Å². The van der Waals surface area contributed by atoms with Crippen molar-refractivity contribution in [3.05, 3.63) is 26.7 Å². The number of rotatable bonds is 6. The predicted molar refractivity (Wildman–Crippen MR) is 87.0 cm³/mol. The minimum Gasteiger partial charge on any atom is -0.486 e. The smallest absolute Gasteiger partial charge is 0.140 e. The van der Waals surface area contributed by atoms with E-state index in [9.17, 15) is 0 Å². The van der Waals surface area contributed by atoms with Gasteiger partial charge < -0.3 is 10.1 Å². The van der Waals surface area contributed by atoms with Gasteiger partial charge in [-0.25, -0.2) is 0 Å². The highest BCUT2D eigenvalue weighted by Gasteiger charge is 2.39. The Balaban J connectivity index is 1.65. The van der Waals surface area contributed by atoms with Crippen LogP contribution in [-0.4, -0.2) is 18.2 Å². The normalized spacial score (nSPS) is 20.6. The first-order chi connectivity index (χ1) is 9.58. The minimum atomic E-state index is -0.0529. The highest BCUT2D eigenvalue weighted by Crippen LogP contribution is 2.43. The second-order valence-corrected chi connectivity index (χ2v) is 7.48. The SMILES string of the molecule is Clc1cc(OC2(CCNC3CC3)CCC2)c(Cl)cc1Br. The number of hydrogen-bond acceptors (Lipinski definition) is 2. The minimum absolute atomic E-state index is 0.0529. The Hall–Kier alpha value is 0.0400. The van der Waals surface area contributed by atoms with Gasteiger partial charge in [0.1, 0.15) is 11.4 Å². The van der Waals surface area contributed by atoms with Gasteiger partial charge in [0.25, 0.3) is 0 Å². The van der Waals surface area contributed by atoms with Gasteiger partial charge in [-0.15, -0.1) is 0 Å². The number of hydrogen-bond donors (Lipinski definition) is 1. The van der Waals surface area contributed by atoms with Gasteiger partial charge in [-0.05, 0) is 67.1 Å². The van der Waals surface area contributed by atoms with E-state index in [4.69, 9.17) is 27.9 Å². The van der Waals surface area contributed by atoms with E-state index < -0.39 is 0 Å². The molecule has 0 saturated heterocycles. The lowest BCUT2D eigenvalue weighted by molar-refractivity contribution is -0.0142. The van der Waals surface area contributed by atoms with Crippen LogP contribution in [0.15, 0.2) is 16.6 Å². The van der Waals surface area contributed by atoms with Crippen molar-refractivity contribution in [3.63, 3.8) is 0 Å². The van der Waals surface area contributed by atoms with Crippen LogP contribution < -0.4 is 10.1 Å². The van der Waals surface area contributed by atoms with Crippen LogP contribution >= 0.6 is 39.1 Å². The van der Waals surface area contributed by atoms with E-state index in [1.807, 2.05) is 6.07 Å². The summed E-state index contributed by atoms with van der Waals surface area (Å²) < 4.78 is 7.03. The first-order valence-electron chi connectivity index (χ1n) is 7.15. The molecule has 1 N–H and O–H groups in total. The molecule has 0 bridgehead atoms. The standard InChI is InChI=1S/C15H18BrCl2NO/c16-11-8-13(18)14(9-12(11)17)20-15(4-1-5-15)6-7-19-10-2-3-10/h8-10,19H,1-7H2. The number of benzene rings is 1. The Bertz CT molecular complexity index is 501. The fourth-order valence-electron chi connectivity index (χ4n) is 2.58. The zero-order chi connectivity index (χ0) is 14.2. The van der Waals surface area contributed by atoms with Crippen LogP contribution in [0.4, 0.5) is 0 Å². The van der Waals surface area contributed by atoms with Crippen LogP contribution in [0.5, 0.6) is 5.75 Å². The van der Waals surface area contributed by atoms with Crippen molar-refractivity contribution < 1.29 is 4.74 Å². The quantitative estimate of drug-likeness (QED) is 0.687. The summed E-state index contributed by atoms with van der Waals surface area (Å²) in [5.41, 5.74) is -0.0529. The lowest BCUT2D eigenvalue weighted by atomic mass is 9.77. The van der Waals surface area contributed by atoms with Gasteiger partial charge in [0.2, 0.25) is 0 Å². The maximum atomic E-state index is 6.25. The fraction of sp³-hybridized carbons (Fsp3) is 0.600. The van der Waals surface area contributed by atoms with E-state index in [0.717, 1.165) is 36.3 Å². The third-order valence-corrected chi connectivity index (χ3v) is 5.65. The Morgan fingerprint density at radius 3 is 2.60 bits per heavy atom. The molecule has 0 aromatic heterocycles. The molecule has 110 valence electrons. The molecule has 0 heterocycles. The van der Waals surface area contributed by atoms with Gasteiger partial charge in [0, 0.05) is 16.6 Å². The molecule has 2 aliphatic carbocycles.